The second-order valence-electron chi connectivity index (χ2n) is 1.45. The molecule has 0 spiro atoms. The minimum Gasteiger partial charge on any atom is -0.186 e. The fraction of sp³-hybridized carbons (Fsp3) is 0.667. The lowest BCUT2D eigenvalue weighted by atomic mass is 10.3. The van der Waals surface area contributed by atoms with Crippen LogP contribution in [0.25, 0.3) is 0 Å². The molecule has 0 aliphatic carbocycles. The summed E-state index contributed by atoms with van der Waals surface area (Å²) in [4.78, 5) is 0. The van der Waals surface area contributed by atoms with Crippen molar-refractivity contribution in [2.24, 2.45) is 4.02 Å². The maximum atomic E-state index is 11.7. The van der Waals surface area contributed by atoms with Crippen LogP contribution in [-0.4, -0.2) is 18.1 Å². The normalized spacial score (nSPS) is 15.4. The van der Waals surface area contributed by atoms with E-state index in [1.807, 2.05) is 4.02 Å². The van der Waals surface area contributed by atoms with E-state index in [-0.39, 0.29) is 0 Å². The molecule has 0 radical (unpaired) electrons. The molecule has 0 atom stereocenters. The topological polar surface area (TPSA) is 12.4 Å². The van der Waals surface area contributed by atoms with Crippen LogP contribution in [0.3, 0.4) is 0 Å². The number of alkyl halides is 5. The third kappa shape index (κ3) is 2.08. The van der Waals surface area contributed by atoms with Crippen molar-refractivity contribution in [2.75, 3.05) is 0 Å². The molecule has 0 aromatic rings. The van der Waals surface area contributed by atoms with Crippen LogP contribution in [0.2, 0.25) is 0 Å². The van der Waals surface area contributed by atoms with Crippen molar-refractivity contribution in [1.82, 2.24) is 0 Å². The van der Waals surface area contributed by atoms with Gasteiger partial charge in [0.25, 0.3) is 5.97 Å². The van der Waals surface area contributed by atoms with Crippen LogP contribution in [0.4, 0.5) is 26.3 Å². The predicted octanol–water partition coefficient (Wildman–Crippen LogP) is 2.86. The van der Waals surface area contributed by atoms with Crippen molar-refractivity contribution in [3.8, 4) is 0 Å². The lowest BCUT2D eigenvalue weighted by molar-refractivity contribution is -0.252. The molecule has 0 fully saturated rings. The number of hydrogen-bond donors (Lipinski definition) is 0. The molecule has 1 nitrogen and oxygen atoms in total. The van der Waals surface area contributed by atoms with Gasteiger partial charge in [-0.1, -0.05) is 0 Å². The van der Waals surface area contributed by atoms with E-state index in [1.165, 1.54) is 0 Å². The van der Waals surface area contributed by atoms with Crippen LogP contribution < -0.4 is 0 Å². The highest BCUT2D eigenvalue weighted by Crippen LogP contribution is 2.37. The van der Waals surface area contributed by atoms with Gasteiger partial charge in [0.1, 0.15) is 0 Å². The van der Waals surface area contributed by atoms with Gasteiger partial charge in [-0.05, 0) is 0 Å². The monoisotopic (exact) mass is 243 g/mol. The fourth-order valence-electron chi connectivity index (χ4n) is 0.170. The smallest absolute Gasteiger partial charge is 0.186 e. The van der Waals surface area contributed by atoms with E-state index in [2.05, 4.69) is 0 Å². The zero-order chi connectivity index (χ0) is 9.28. The molecule has 0 aliphatic heterocycles. The van der Waals surface area contributed by atoms with Crippen LogP contribution in [0, 0.1) is 0 Å². The summed E-state index contributed by atoms with van der Waals surface area (Å²) >= 11 is 1.78. The van der Waals surface area contributed by atoms with Crippen LogP contribution in [-0.2, 0) is 0 Å². The summed E-state index contributed by atoms with van der Waals surface area (Å²) < 4.78 is 70.4. The van der Waals surface area contributed by atoms with E-state index in [1.54, 1.807) is 16.1 Å². The molecule has 0 heterocycles. The van der Waals surface area contributed by atoms with E-state index < -0.39 is 18.1 Å². The minimum atomic E-state index is -5.95. The third-order valence-electron chi connectivity index (χ3n) is 0.689. The van der Waals surface area contributed by atoms with Gasteiger partial charge in [0.05, 0.1) is 16.1 Å². The first kappa shape index (κ1) is 10.7. The fourth-order valence-corrected chi connectivity index (χ4v) is 0.393. The lowest BCUT2D eigenvalue weighted by Gasteiger charge is -2.15. The molecule has 0 amide bonds. The number of halogens is 7. The maximum Gasteiger partial charge on any atom is 0.462 e. The Hall–Kier alpha value is -0.270. The molecule has 66 valence electrons. The molecule has 0 saturated carbocycles. The first-order valence-electron chi connectivity index (χ1n) is 2.03. The van der Waals surface area contributed by atoms with E-state index >= 15 is 0 Å². The second kappa shape index (κ2) is 3.00. The van der Waals surface area contributed by atoms with Gasteiger partial charge in [0.2, 0.25) is 0 Å². The average Bonchev–Trinajstić information content (AvgIpc) is 1.83. The molecule has 0 N–H and O–H groups in total. The molecule has 0 aromatic heterocycles. The molecule has 8 heteroatoms. The van der Waals surface area contributed by atoms with Gasteiger partial charge in [0, 0.05) is 0 Å². The Morgan fingerprint density at radius 2 is 1.45 bits per heavy atom. The predicted molar refractivity (Wildman–Crippen MR) is 28.5 cm³/mol. The number of rotatable bonds is 1. The summed E-state index contributed by atoms with van der Waals surface area (Å²) in [5.74, 6) is -8.33. The molecule has 11 heavy (non-hydrogen) atoms. The summed E-state index contributed by atoms with van der Waals surface area (Å²) in [6.07, 6.45) is -5.95. The summed E-state index contributed by atoms with van der Waals surface area (Å²) in [5, 5.41) is 0. The first-order valence-corrected chi connectivity index (χ1v) is 2.74. The summed E-state index contributed by atoms with van der Waals surface area (Å²) in [6.45, 7) is 0. The quantitative estimate of drug-likeness (QED) is 0.496. The van der Waals surface area contributed by atoms with Crippen LogP contribution in [0.5, 0.6) is 0 Å². The highest BCUT2D eigenvalue weighted by atomic mass is 79.9. The molecule has 0 aliphatic rings. The van der Waals surface area contributed by atoms with Crippen molar-refractivity contribution < 1.29 is 26.3 Å². The summed E-state index contributed by atoms with van der Waals surface area (Å²) in [5.41, 5.74) is 0. The molecule has 0 bridgehead atoms. The van der Waals surface area contributed by atoms with Gasteiger partial charge in [-0.15, -0.1) is 0 Å². The Balaban J connectivity index is 4.74. The first-order chi connectivity index (χ1) is 4.73. The highest BCUT2D eigenvalue weighted by molar-refractivity contribution is 9.08. The SMILES string of the molecule is F/C(=N\Br)C(F)(F)C(F)(F)F. The van der Waals surface area contributed by atoms with E-state index in [4.69, 9.17) is 0 Å². The Morgan fingerprint density at radius 1 is 1.09 bits per heavy atom. The highest BCUT2D eigenvalue weighted by Gasteiger charge is 2.62. The van der Waals surface area contributed by atoms with Crippen LogP contribution in [0.15, 0.2) is 4.02 Å². The van der Waals surface area contributed by atoms with Gasteiger partial charge in [-0.3, -0.25) is 0 Å². The standard InChI is InChI=1S/C3BrF6N/c4-11-1(5)2(6,7)3(8,9)10/b11-1-. The summed E-state index contributed by atoms with van der Waals surface area (Å²) in [6, 6.07) is 0. The van der Waals surface area contributed by atoms with E-state index in [0.29, 0.717) is 0 Å². The van der Waals surface area contributed by atoms with Gasteiger partial charge in [-0.2, -0.15) is 30.4 Å². The molecule has 0 aromatic carbocycles. The Morgan fingerprint density at radius 3 is 1.55 bits per heavy atom. The van der Waals surface area contributed by atoms with Crippen molar-refractivity contribution in [3.05, 3.63) is 0 Å². The molecule has 0 saturated heterocycles. The van der Waals surface area contributed by atoms with Crippen LogP contribution >= 0.6 is 16.1 Å². The summed E-state index contributed by atoms with van der Waals surface area (Å²) in [7, 11) is 0. The van der Waals surface area contributed by atoms with Crippen molar-refractivity contribution in [1.29, 1.82) is 0 Å². The van der Waals surface area contributed by atoms with Gasteiger partial charge in [-0.25, -0.2) is 0 Å². The van der Waals surface area contributed by atoms with Crippen molar-refractivity contribution in [2.45, 2.75) is 12.1 Å². The lowest BCUT2D eigenvalue weighted by Crippen LogP contribution is -2.41. The largest absolute Gasteiger partial charge is 0.462 e. The molecular formula is C3BrF6N. The Bertz CT molecular complexity index is 171. The Labute approximate surface area is 65.4 Å². The van der Waals surface area contributed by atoms with E-state index in [9.17, 15) is 26.3 Å². The zero-order valence-corrected chi connectivity index (χ0v) is 6.18. The van der Waals surface area contributed by atoms with E-state index in [0.717, 1.165) is 0 Å². The zero-order valence-electron chi connectivity index (χ0n) is 4.59. The van der Waals surface area contributed by atoms with Crippen molar-refractivity contribution >= 4 is 22.1 Å². The molecular weight excluding hydrogens is 244 g/mol. The average molecular weight is 244 g/mol. The molecule has 0 unspecified atom stereocenters. The number of nitrogens with zero attached hydrogens (tertiary/aromatic N) is 1. The third-order valence-corrected chi connectivity index (χ3v) is 1.00. The van der Waals surface area contributed by atoms with Gasteiger partial charge >= 0.3 is 12.1 Å². The van der Waals surface area contributed by atoms with Gasteiger partial charge < -0.3 is 0 Å². The van der Waals surface area contributed by atoms with Crippen LogP contribution in [0.1, 0.15) is 0 Å². The van der Waals surface area contributed by atoms with Crippen molar-refractivity contribution in [3.63, 3.8) is 0 Å². The Kier molecular flexibility index (Phi) is 2.92. The minimum absolute atomic E-state index is 1.78. The maximum absolute atomic E-state index is 11.7. The second-order valence-corrected chi connectivity index (χ2v) is 1.80. The molecule has 0 rings (SSSR count). The van der Waals surface area contributed by atoms with Gasteiger partial charge in [0.15, 0.2) is 0 Å². The number of hydrogen-bond acceptors (Lipinski definition) is 1.